The number of nitrogens with two attached hydrogens (primary N) is 1. The molecule has 0 bridgehead atoms. The fraction of sp³-hybridized carbons (Fsp3) is 0.525. The van der Waals surface area contributed by atoms with Gasteiger partial charge >= 0.3 is 0 Å². The summed E-state index contributed by atoms with van der Waals surface area (Å²) in [5.74, 6) is -10.6. The van der Waals surface area contributed by atoms with Gasteiger partial charge in [0.15, 0.2) is 5.96 Å². The number of hydrogen-bond donors (Lipinski definition) is 16. The molecule has 11 amide bonds. The zero-order chi connectivity index (χ0) is 70.6. The topological polar surface area (TPSA) is 455 Å². The van der Waals surface area contributed by atoms with Crippen molar-refractivity contribution in [3.8, 4) is 5.75 Å². The molecule has 2 aliphatic rings. The van der Waals surface area contributed by atoms with Crippen LogP contribution in [-0.4, -0.2) is 193 Å². The molecule has 2 fully saturated rings. The molecule has 91 heavy (non-hydrogen) atoms. The van der Waals surface area contributed by atoms with Crippen LogP contribution in [0.4, 0.5) is 0 Å². The minimum Gasteiger partial charge on any atom is -0.508 e. The van der Waals surface area contributed by atoms with E-state index in [1.54, 1.807) is 58.2 Å². The Bertz CT molecular complexity index is 3420. The molecule has 6 rings (SSSR count). The van der Waals surface area contributed by atoms with E-state index < -0.39 is 140 Å². The summed E-state index contributed by atoms with van der Waals surface area (Å²) in [6.45, 7) is -1.62. The monoisotopic (exact) mass is 1270 g/mol. The normalized spacial score (nSPS) is 18.2. The quantitative estimate of drug-likeness (QED) is 0.0136. The second-order valence-corrected chi connectivity index (χ2v) is 23.2. The number of amides is 11. The van der Waals surface area contributed by atoms with Crippen molar-refractivity contribution < 1.29 is 74.9 Å². The van der Waals surface area contributed by atoms with E-state index in [9.17, 15) is 63.0 Å². The minimum atomic E-state index is -3.28. The number of benzene rings is 2. The number of imidazole rings is 1. The van der Waals surface area contributed by atoms with E-state index in [4.69, 9.17) is 17.7 Å². The van der Waals surface area contributed by atoms with Crippen LogP contribution in [0.2, 0.25) is 0 Å². The van der Waals surface area contributed by atoms with Crippen LogP contribution >= 0.6 is 0 Å². The van der Waals surface area contributed by atoms with Gasteiger partial charge in [-0.3, -0.25) is 63.0 Å². The Balaban J connectivity index is 1.23. The summed E-state index contributed by atoms with van der Waals surface area (Å²) < 4.78 is 38.7. The summed E-state index contributed by atoms with van der Waals surface area (Å²) in [5, 5.41) is 55.8. The molecule has 2 saturated heterocycles. The van der Waals surface area contributed by atoms with Crippen LogP contribution in [-0.2, 0) is 72.0 Å². The second-order valence-electron chi connectivity index (χ2n) is 23.2. The maximum Gasteiger partial charge on any atom is 0.252 e. The highest BCUT2D eigenvalue weighted by molar-refractivity contribution is 6.00. The van der Waals surface area contributed by atoms with Crippen molar-refractivity contribution in [3.05, 3.63) is 84.1 Å². The average Bonchev–Trinajstić information content (AvgIpc) is 1.74. The SMILES string of the molecule is [2H]C([2H])([2H])C([2H])([2H])NC(=O)[C@H]1CCCN1C(=O)C(CCCN=C(N)NC(=O)CO)NC(=O)[C@@H](CC(C)C)NC(=O)[C@H](CC(C)C)NC(=O)[C@@H](Cc1ccc(O)cc1)NC(=O)[C@H](CO)NC(=O)[C@H](Cc1c[nH]c2ccccc12)NC(=O)[C@H](Cc1cnc[nH]1)NC(=O)C1CCC(=O)N1. The van der Waals surface area contributed by atoms with Gasteiger partial charge in [-0.1, -0.05) is 58.0 Å². The fourth-order valence-electron chi connectivity index (χ4n) is 10.6. The summed E-state index contributed by atoms with van der Waals surface area (Å²) >= 11 is 0. The summed E-state index contributed by atoms with van der Waals surface area (Å²) in [5.41, 5.74) is 7.82. The average molecular weight is 1270 g/mol. The van der Waals surface area contributed by atoms with Crippen molar-refractivity contribution in [2.45, 2.75) is 160 Å². The Labute approximate surface area is 533 Å². The van der Waals surface area contributed by atoms with E-state index in [2.05, 4.69) is 67.8 Å². The van der Waals surface area contributed by atoms with Gasteiger partial charge < -0.3 is 83.8 Å². The summed E-state index contributed by atoms with van der Waals surface area (Å²) in [4.78, 5) is 168. The molecule has 2 aromatic heterocycles. The molecular weight excluding hydrogens is 1180 g/mol. The van der Waals surface area contributed by atoms with Gasteiger partial charge in [0.25, 0.3) is 5.91 Å². The van der Waals surface area contributed by atoms with Gasteiger partial charge in [-0.15, -0.1) is 0 Å². The highest BCUT2D eigenvalue weighted by Gasteiger charge is 2.40. The Morgan fingerprint density at radius 1 is 0.736 bits per heavy atom. The maximum absolute atomic E-state index is 14.8. The van der Waals surface area contributed by atoms with Gasteiger partial charge in [0, 0.05) is 81.1 Å². The van der Waals surface area contributed by atoms with Crippen molar-refractivity contribution in [2.24, 2.45) is 22.6 Å². The number of hydrogen-bond acceptors (Lipinski definition) is 16. The summed E-state index contributed by atoms with van der Waals surface area (Å²) in [6, 6.07) is -0.186. The van der Waals surface area contributed by atoms with E-state index in [1.165, 1.54) is 36.8 Å². The number of aliphatic hydroxyl groups is 2. The van der Waals surface area contributed by atoms with Crippen LogP contribution in [0, 0.1) is 11.8 Å². The van der Waals surface area contributed by atoms with E-state index >= 15 is 0 Å². The Morgan fingerprint density at radius 3 is 1.92 bits per heavy atom. The molecule has 0 spiro atoms. The lowest BCUT2D eigenvalue weighted by Gasteiger charge is -2.31. The number of rotatable bonds is 33. The van der Waals surface area contributed by atoms with Crippen molar-refractivity contribution >= 4 is 81.8 Å². The van der Waals surface area contributed by atoms with Gasteiger partial charge in [0.2, 0.25) is 59.1 Å². The first-order chi connectivity index (χ1) is 45.4. The molecule has 0 aliphatic carbocycles. The number of fused-ring (bicyclic) bond motifs is 1. The van der Waals surface area contributed by atoms with Gasteiger partial charge in [-0.2, -0.15) is 0 Å². The number of likely N-dealkylation sites (tertiary alicyclic amines) is 1. The lowest BCUT2D eigenvalue weighted by molar-refractivity contribution is -0.142. The number of aromatic nitrogens is 3. The second kappa shape index (κ2) is 34.5. The number of aromatic amines is 2. The number of H-pyrrole nitrogens is 2. The largest absolute Gasteiger partial charge is 0.508 e. The predicted octanol–water partition coefficient (Wildman–Crippen LogP) is -2.29. The molecule has 0 saturated carbocycles. The Morgan fingerprint density at radius 2 is 1.33 bits per heavy atom. The molecule has 2 aromatic carbocycles. The van der Waals surface area contributed by atoms with E-state index in [-0.39, 0.29) is 113 Å². The number of aliphatic imine (C=N–C) groups is 1. The zero-order valence-corrected chi connectivity index (χ0v) is 51.1. The number of para-hydroxylation sites is 1. The zero-order valence-electron chi connectivity index (χ0n) is 56.1. The number of carbonyl (C=O) groups excluding carboxylic acids is 11. The smallest absolute Gasteiger partial charge is 0.252 e. The Kier molecular flexibility index (Phi) is 23.9. The number of guanidine groups is 1. The fourth-order valence-corrected chi connectivity index (χ4v) is 10.6. The summed E-state index contributed by atoms with van der Waals surface area (Å²) in [7, 11) is 0. The number of phenolic OH excluding ortho intramolecular Hbond substituents is 1. The first-order valence-electron chi connectivity index (χ1n) is 32.5. The lowest BCUT2D eigenvalue weighted by Crippen LogP contribution is -2.61. The van der Waals surface area contributed by atoms with Crippen LogP contribution in [0.3, 0.4) is 0 Å². The molecule has 4 heterocycles. The van der Waals surface area contributed by atoms with Crippen molar-refractivity contribution in [2.75, 3.05) is 32.8 Å². The van der Waals surface area contributed by atoms with Crippen LogP contribution in [0.1, 0.15) is 110 Å². The number of likely N-dealkylation sites (N-methyl/N-ethyl adjacent to an activating group) is 1. The van der Waals surface area contributed by atoms with Crippen LogP contribution < -0.4 is 58.9 Å². The molecule has 4 aromatic rings. The van der Waals surface area contributed by atoms with Gasteiger partial charge in [-0.25, -0.2) is 4.98 Å². The number of aliphatic hydroxyl groups excluding tert-OH is 2. The molecule has 2 aliphatic heterocycles. The molecule has 30 nitrogen and oxygen atoms in total. The third-order valence-corrected chi connectivity index (χ3v) is 15.1. The van der Waals surface area contributed by atoms with Crippen molar-refractivity contribution in [3.63, 3.8) is 0 Å². The lowest BCUT2D eigenvalue weighted by atomic mass is 9.98. The number of carbonyl (C=O) groups is 11. The third kappa shape index (κ3) is 21.4. The van der Waals surface area contributed by atoms with Gasteiger partial charge in [-0.05, 0) is 93.0 Å². The van der Waals surface area contributed by atoms with Gasteiger partial charge in [0.1, 0.15) is 66.7 Å². The first-order valence-corrected chi connectivity index (χ1v) is 30.0. The van der Waals surface area contributed by atoms with E-state index in [0.29, 0.717) is 27.7 Å². The first kappa shape index (κ1) is 63.1. The van der Waals surface area contributed by atoms with Crippen LogP contribution in [0.15, 0.2) is 72.2 Å². The standard InChI is InChI=1S/C61H86N16O14/c1-6-64-59(90)49-14-10-22-77(49)60(91)42(13-9-21-65-61(62)76-51(82)31-79)69-53(84)43(23-33(2)3)70-54(85)44(24-34(4)5)71-55(86)45(25-35-15-17-38(80)18-16-35)72-58(89)48(30-78)75-56(87)46(26-36-28-66-40-12-8-7-11-39(36)40)73-57(88)47(27-37-29-63-32-67-37)74-52(83)41-19-20-50(81)68-41/h7-8,11-12,15-18,28-29,32-34,41-49,66,78-80H,6,9-10,13-14,19-27,30-31H2,1-5H3,(H,63,67)(H,64,90)(H,68,81)(H,69,84)(H,70,85)(H,71,86)(H,72,89)(H,73,88)(H,74,83)(H,75,87)(H3,62,65,76,82)/t41?,42?,43-,44+,45-,46+,47+,48+,49-/m1/s1/i1D3,6D2. The predicted molar refractivity (Wildman–Crippen MR) is 331 cm³/mol. The number of nitrogens with zero attached hydrogens (tertiary/aromatic N) is 3. The highest BCUT2D eigenvalue weighted by Crippen LogP contribution is 2.22. The van der Waals surface area contributed by atoms with Crippen molar-refractivity contribution in [1.29, 1.82) is 0 Å². The Hall–Kier alpha value is -9.45. The number of phenols is 1. The molecule has 17 N–H and O–H groups in total. The molecule has 2 unspecified atom stereocenters. The molecule has 494 valence electrons. The molecule has 30 heteroatoms. The van der Waals surface area contributed by atoms with E-state index in [0.717, 1.165) is 4.90 Å². The van der Waals surface area contributed by atoms with Crippen LogP contribution in [0.5, 0.6) is 5.75 Å². The molecule has 9 atom stereocenters. The third-order valence-electron chi connectivity index (χ3n) is 15.1. The minimum absolute atomic E-state index is 0.00120. The molecular formula is C61H86N16O14. The van der Waals surface area contributed by atoms with E-state index in [1.807, 2.05) is 5.32 Å². The number of nitrogens with one attached hydrogen (secondary N) is 12. The highest BCUT2D eigenvalue weighted by atomic mass is 16.3. The molecule has 0 radical (unpaired) electrons. The maximum atomic E-state index is 14.8. The summed E-state index contributed by atoms with van der Waals surface area (Å²) in [6.07, 6.45) is 3.99. The van der Waals surface area contributed by atoms with Crippen molar-refractivity contribution in [1.82, 2.24) is 73.0 Å². The van der Waals surface area contributed by atoms with Gasteiger partial charge in [0.05, 0.1) is 12.9 Å². The number of aromatic hydroxyl groups is 1. The van der Waals surface area contributed by atoms with Crippen LogP contribution in [0.25, 0.3) is 10.9 Å².